The summed E-state index contributed by atoms with van der Waals surface area (Å²) in [6, 6.07) is -0.169. The van der Waals surface area contributed by atoms with Crippen LogP contribution < -0.4 is 19.9 Å². The number of aromatic nitrogens is 1. The van der Waals surface area contributed by atoms with E-state index in [9.17, 15) is 49.8 Å². The van der Waals surface area contributed by atoms with Crippen LogP contribution in [0, 0.1) is 11.6 Å². The number of hydrogen-bond acceptors (Lipinski definition) is 6. The molecule has 0 saturated carbocycles. The lowest BCUT2D eigenvalue weighted by Gasteiger charge is -2.25. The molecule has 220 valence electrons. The van der Waals surface area contributed by atoms with Crippen molar-refractivity contribution in [2.24, 2.45) is 0 Å². The monoisotopic (exact) mass is 605 g/mol. The molecule has 2 heterocycles. The minimum Gasteiger partial charge on any atom is -0.405 e. The highest BCUT2D eigenvalue weighted by Crippen LogP contribution is 2.45. The molecule has 3 rings (SSSR count). The Labute approximate surface area is 225 Å². The SMILES string of the molecule is CNCC(O)CN1CCN(c2nc(C(F)(F)F)cc(C(F)(F)F)c2OC(=O)N(C)c2ccc(F)c(Cl)c2F)C1=O. The van der Waals surface area contributed by atoms with Crippen LogP contribution in [0.3, 0.4) is 0 Å². The van der Waals surface area contributed by atoms with Gasteiger partial charge in [0.1, 0.15) is 22.1 Å². The van der Waals surface area contributed by atoms with Crippen LogP contribution in [0.5, 0.6) is 5.75 Å². The Bertz CT molecular complexity index is 1290. The van der Waals surface area contributed by atoms with Gasteiger partial charge in [0.05, 0.1) is 11.8 Å². The Morgan fingerprint density at radius 2 is 1.85 bits per heavy atom. The molecular weight excluding hydrogens is 586 g/mol. The average molecular weight is 606 g/mol. The number of hydrogen-bond donors (Lipinski definition) is 2. The highest BCUT2D eigenvalue weighted by Gasteiger charge is 2.45. The molecule has 18 heteroatoms. The number of aliphatic hydroxyl groups is 1. The summed E-state index contributed by atoms with van der Waals surface area (Å²) in [6.07, 6.45) is -13.9. The van der Waals surface area contributed by atoms with Gasteiger partial charge in [-0.3, -0.25) is 9.80 Å². The van der Waals surface area contributed by atoms with Gasteiger partial charge in [-0.25, -0.2) is 23.4 Å². The largest absolute Gasteiger partial charge is 0.433 e. The third kappa shape index (κ3) is 6.47. The summed E-state index contributed by atoms with van der Waals surface area (Å²) in [7, 11) is 2.31. The van der Waals surface area contributed by atoms with E-state index >= 15 is 0 Å². The van der Waals surface area contributed by atoms with Gasteiger partial charge < -0.3 is 20.1 Å². The first-order chi connectivity index (χ1) is 18.5. The van der Waals surface area contributed by atoms with Crippen LogP contribution in [0.25, 0.3) is 0 Å². The molecule has 1 aliphatic rings. The zero-order valence-electron chi connectivity index (χ0n) is 20.5. The molecule has 0 bridgehead atoms. The van der Waals surface area contributed by atoms with E-state index in [1.807, 2.05) is 0 Å². The summed E-state index contributed by atoms with van der Waals surface area (Å²) in [5.41, 5.74) is -4.89. The zero-order valence-corrected chi connectivity index (χ0v) is 21.3. The standard InChI is InChI=1S/C22H20ClF8N5O4/c1-32-8-10(37)9-35-5-6-36(19(35)38)18-17(11(21(26,27)28)7-14(33-18)22(29,30)31)40-20(39)34(2)13-4-3-12(24)15(23)16(13)25/h3-4,7,10,32,37H,5-6,8-9H2,1-2H3. The third-order valence-electron chi connectivity index (χ3n) is 5.61. The van der Waals surface area contributed by atoms with Crippen molar-refractivity contribution in [1.29, 1.82) is 0 Å². The van der Waals surface area contributed by atoms with Crippen molar-refractivity contribution in [3.8, 4) is 5.75 Å². The Morgan fingerprint density at radius 1 is 1.20 bits per heavy atom. The van der Waals surface area contributed by atoms with Gasteiger partial charge >= 0.3 is 24.5 Å². The summed E-state index contributed by atoms with van der Waals surface area (Å²) >= 11 is 5.47. The van der Waals surface area contributed by atoms with Crippen molar-refractivity contribution in [2.45, 2.75) is 18.5 Å². The molecule has 0 aliphatic carbocycles. The number of β-amino-alcohol motifs (C(OH)–C–C–N with tert-alkyl or cyclic N) is 1. The number of nitrogens with zero attached hydrogens (tertiary/aromatic N) is 4. The molecule has 40 heavy (non-hydrogen) atoms. The maximum Gasteiger partial charge on any atom is 0.433 e. The highest BCUT2D eigenvalue weighted by molar-refractivity contribution is 6.31. The minimum absolute atomic E-state index is 0.0168. The van der Waals surface area contributed by atoms with E-state index in [1.54, 1.807) is 0 Å². The molecule has 1 aromatic carbocycles. The zero-order chi connectivity index (χ0) is 30.2. The summed E-state index contributed by atoms with van der Waals surface area (Å²) < 4.78 is 115. The second-order valence-corrected chi connectivity index (χ2v) is 8.79. The number of ether oxygens (including phenoxy) is 1. The number of halogens is 9. The molecule has 1 unspecified atom stereocenters. The van der Waals surface area contributed by atoms with Crippen molar-refractivity contribution < 1.29 is 54.6 Å². The highest BCUT2D eigenvalue weighted by atomic mass is 35.5. The molecule has 1 aromatic heterocycles. The average Bonchev–Trinajstić information content (AvgIpc) is 3.20. The van der Waals surface area contributed by atoms with Crippen LogP contribution >= 0.6 is 11.6 Å². The van der Waals surface area contributed by atoms with Gasteiger partial charge in [0, 0.05) is 33.2 Å². The predicted octanol–water partition coefficient (Wildman–Crippen LogP) is 4.51. The van der Waals surface area contributed by atoms with Crippen molar-refractivity contribution in [3.05, 3.63) is 46.1 Å². The molecule has 2 N–H and O–H groups in total. The predicted molar refractivity (Wildman–Crippen MR) is 124 cm³/mol. The van der Waals surface area contributed by atoms with E-state index in [-0.39, 0.29) is 24.5 Å². The summed E-state index contributed by atoms with van der Waals surface area (Å²) in [4.78, 5) is 30.6. The van der Waals surface area contributed by atoms with Gasteiger partial charge in [-0.2, -0.15) is 26.3 Å². The number of amides is 3. The topological polar surface area (TPSA) is 98.2 Å². The molecule has 0 spiro atoms. The fraction of sp³-hybridized carbons (Fsp3) is 0.409. The van der Waals surface area contributed by atoms with Crippen LogP contribution in [0.15, 0.2) is 18.2 Å². The van der Waals surface area contributed by atoms with Crippen molar-refractivity contribution in [2.75, 3.05) is 50.1 Å². The van der Waals surface area contributed by atoms with Crippen LogP contribution in [-0.4, -0.2) is 73.5 Å². The molecule has 2 aromatic rings. The molecule has 1 saturated heterocycles. The summed E-state index contributed by atoms with van der Waals surface area (Å²) in [6.45, 7) is -1.03. The first-order valence-electron chi connectivity index (χ1n) is 11.1. The molecule has 9 nitrogen and oxygen atoms in total. The first kappa shape index (κ1) is 31.1. The van der Waals surface area contributed by atoms with Gasteiger partial charge in [0.15, 0.2) is 17.4 Å². The number of pyridine rings is 1. The van der Waals surface area contributed by atoms with E-state index in [0.717, 1.165) is 11.9 Å². The molecule has 1 fully saturated rings. The van der Waals surface area contributed by atoms with Gasteiger partial charge in [-0.15, -0.1) is 0 Å². The molecule has 1 aliphatic heterocycles. The number of carbonyl (C=O) groups excluding carboxylic acids is 2. The van der Waals surface area contributed by atoms with Crippen LogP contribution in [0.4, 0.5) is 56.2 Å². The van der Waals surface area contributed by atoms with E-state index in [2.05, 4.69) is 10.3 Å². The fourth-order valence-electron chi connectivity index (χ4n) is 3.69. The molecular formula is C22H20ClF8N5O4. The summed E-state index contributed by atoms with van der Waals surface area (Å²) in [5, 5.41) is 11.5. The third-order valence-corrected chi connectivity index (χ3v) is 5.96. The molecule has 1 atom stereocenters. The van der Waals surface area contributed by atoms with Crippen LogP contribution in [-0.2, 0) is 12.4 Å². The number of nitrogens with one attached hydrogen (secondary N) is 1. The second-order valence-electron chi connectivity index (χ2n) is 8.42. The fourth-order valence-corrected chi connectivity index (χ4v) is 3.85. The number of urea groups is 1. The normalized spacial score (nSPS) is 15.1. The van der Waals surface area contributed by atoms with E-state index in [0.29, 0.717) is 17.0 Å². The lowest BCUT2D eigenvalue weighted by Crippen LogP contribution is -2.40. The Hall–Kier alpha value is -3.44. The van der Waals surface area contributed by atoms with Crippen molar-refractivity contribution in [3.63, 3.8) is 0 Å². The van der Waals surface area contributed by atoms with Gasteiger partial charge in [-0.1, -0.05) is 11.6 Å². The molecule has 0 radical (unpaired) electrons. The van der Waals surface area contributed by atoms with Gasteiger partial charge in [0.25, 0.3) is 0 Å². The maximum atomic E-state index is 14.4. The maximum absolute atomic E-state index is 14.4. The van der Waals surface area contributed by atoms with Crippen molar-refractivity contribution in [1.82, 2.24) is 15.2 Å². The number of alkyl halides is 6. The number of benzene rings is 1. The Kier molecular flexibility index (Phi) is 9.00. The van der Waals surface area contributed by atoms with E-state index in [4.69, 9.17) is 16.3 Å². The molecule has 3 amide bonds. The first-order valence-corrected chi connectivity index (χ1v) is 11.5. The van der Waals surface area contributed by atoms with Gasteiger partial charge in [-0.05, 0) is 25.2 Å². The lowest BCUT2D eigenvalue weighted by molar-refractivity contribution is -0.145. The number of aliphatic hydroxyl groups excluding tert-OH is 1. The number of rotatable bonds is 7. The van der Waals surface area contributed by atoms with Crippen LogP contribution in [0.2, 0.25) is 5.02 Å². The summed E-state index contributed by atoms with van der Waals surface area (Å²) in [5.74, 6) is -5.56. The number of likely N-dealkylation sites (N-methyl/N-ethyl adjacent to an activating group) is 1. The Morgan fingerprint density at radius 3 is 2.42 bits per heavy atom. The lowest BCUT2D eigenvalue weighted by atomic mass is 10.1. The smallest absolute Gasteiger partial charge is 0.405 e. The quantitative estimate of drug-likeness (QED) is 0.356. The Balaban J connectivity index is 2.11. The van der Waals surface area contributed by atoms with E-state index < -0.39 is 88.4 Å². The van der Waals surface area contributed by atoms with Gasteiger partial charge in [0.2, 0.25) is 0 Å². The number of carbonyl (C=O) groups is 2. The van der Waals surface area contributed by atoms with Crippen molar-refractivity contribution >= 4 is 35.2 Å². The number of anilines is 2. The van der Waals surface area contributed by atoms with E-state index in [1.165, 1.54) is 7.05 Å². The van der Waals surface area contributed by atoms with Crippen LogP contribution in [0.1, 0.15) is 11.3 Å². The minimum atomic E-state index is -5.55. The second kappa shape index (κ2) is 11.6.